The molecule has 1 aromatic rings. The zero-order chi connectivity index (χ0) is 14.1. The van der Waals surface area contributed by atoms with Crippen molar-refractivity contribution in [2.45, 2.75) is 19.8 Å². The van der Waals surface area contributed by atoms with E-state index in [1.54, 1.807) is 18.2 Å². The maximum absolute atomic E-state index is 11.7. The standard InChI is InChI=1S/C12H19N5O2/c1-2-7-14-11(18)6-8-15-12(19)9-4-3-5-10(16-9)17-13/h3-5H,2,6-8,13H2,1H3,(H,14,18)(H,15,19)(H,16,17). The first-order chi connectivity index (χ1) is 9.17. The third kappa shape index (κ3) is 5.35. The van der Waals surface area contributed by atoms with Gasteiger partial charge in [-0.3, -0.25) is 9.59 Å². The first-order valence-electron chi connectivity index (χ1n) is 6.16. The number of nitrogens with one attached hydrogen (secondary N) is 3. The quantitative estimate of drug-likeness (QED) is 0.410. The highest BCUT2D eigenvalue weighted by Crippen LogP contribution is 2.02. The van der Waals surface area contributed by atoms with Crippen LogP contribution in [-0.2, 0) is 4.79 Å². The molecule has 5 N–H and O–H groups in total. The van der Waals surface area contributed by atoms with E-state index in [0.29, 0.717) is 12.4 Å². The first kappa shape index (κ1) is 14.9. The van der Waals surface area contributed by atoms with Gasteiger partial charge < -0.3 is 16.1 Å². The fourth-order valence-electron chi connectivity index (χ4n) is 1.37. The van der Waals surface area contributed by atoms with Crippen LogP contribution in [0, 0.1) is 0 Å². The van der Waals surface area contributed by atoms with Crippen molar-refractivity contribution in [3.63, 3.8) is 0 Å². The number of carbonyl (C=O) groups excluding carboxylic acids is 2. The lowest BCUT2D eigenvalue weighted by Gasteiger charge is -2.06. The number of aromatic nitrogens is 1. The van der Waals surface area contributed by atoms with Crippen LogP contribution in [0.25, 0.3) is 0 Å². The van der Waals surface area contributed by atoms with Crippen LogP contribution in [-0.4, -0.2) is 29.9 Å². The normalized spacial score (nSPS) is 9.79. The molecule has 0 atom stereocenters. The summed E-state index contributed by atoms with van der Waals surface area (Å²) in [5.41, 5.74) is 2.62. The van der Waals surface area contributed by atoms with E-state index in [1.165, 1.54) is 0 Å². The third-order valence-corrected chi connectivity index (χ3v) is 2.34. The first-order valence-corrected chi connectivity index (χ1v) is 6.16. The van der Waals surface area contributed by atoms with Gasteiger partial charge in [0, 0.05) is 19.5 Å². The van der Waals surface area contributed by atoms with E-state index in [-0.39, 0.29) is 30.5 Å². The van der Waals surface area contributed by atoms with Crippen molar-refractivity contribution in [2.75, 3.05) is 18.5 Å². The molecule has 7 heteroatoms. The fourth-order valence-corrected chi connectivity index (χ4v) is 1.37. The molecule has 1 heterocycles. The van der Waals surface area contributed by atoms with E-state index >= 15 is 0 Å². The Balaban J connectivity index is 2.36. The number of anilines is 1. The van der Waals surface area contributed by atoms with E-state index < -0.39 is 0 Å². The van der Waals surface area contributed by atoms with Crippen LogP contribution >= 0.6 is 0 Å². The summed E-state index contributed by atoms with van der Waals surface area (Å²) in [7, 11) is 0. The molecule has 1 aromatic heterocycles. The van der Waals surface area contributed by atoms with Crippen molar-refractivity contribution in [1.29, 1.82) is 0 Å². The van der Waals surface area contributed by atoms with Crippen LogP contribution in [0.5, 0.6) is 0 Å². The number of pyridine rings is 1. The summed E-state index contributed by atoms with van der Waals surface area (Å²) >= 11 is 0. The Kier molecular flexibility index (Phi) is 6.31. The molecule has 0 spiro atoms. The number of hydrogen-bond acceptors (Lipinski definition) is 5. The second kappa shape index (κ2) is 8.04. The average Bonchev–Trinajstić information content (AvgIpc) is 2.45. The molecule has 0 aliphatic heterocycles. The van der Waals surface area contributed by atoms with Gasteiger partial charge in [0.05, 0.1) is 0 Å². The van der Waals surface area contributed by atoms with Crippen molar-refractivity contribution in [3.8, 4) is 0 Å². The summed E-state index contributed by atoms with van der Waals surface area (Å²) in [5.74, 6) is 5.21. The highest BCUT2D eigenvalue weighted by atomic mass is 16.2. The van der Waals surface area contributed by atoms with Gasteiger partial charge in [-0.15, -0.1) is 0 Å². The number of hydrogen-bond donors (Lipinski definition) is 4. The minimum Gasteiger partial charge on any atom is -0.356 e. The lowest BCUT2D eigenvalue weighted by molar-refractivity contribution is -0.120. The zero-order valence-electron chi connectivity index (χ0n) is 10.9. The molecule has 7 nitrogen and oxygen atoms in total. The maximum atomic E-state index is 11.7. The highest BCUT2D eigenvalue weighted by Gasteiger charge is 2.08. The Morgan fingerprint density at radius 3 is 2.74 bits per heavy atom. The molecule has 0 radical (unpaired) electrons. The summed E-state index contributed by atoms with van der Waals surface area (Å²) in [6, 6.07) is 4.90. The molecule has 0 saturated carbocycles. The summed E-state index contributed by atoms with van der Waals surface area (Å²) in [6.07, 6.45) is 1.14. The van der Waals surface area contributed by atoms with Crippen LogP contribution in [0.15, 0.2) is 18.2 Å². The minimum atomic E-state index is -0.333. The predicted molar refractivity (Wildman–Crippen MR) is 72.3 cm³/mol. The minimum absolute atomic E-state index is 0.0764. The molecular formula is C12H19N5O2. The molecule has 0 aliphatic carbocycles. The number of hydrazine groups is 1. The second-order valence-electron chi connectivity index (χ2n) is 3.91. The molecule has 0 unspecified atom stereocenters. The number of amides is 2. The van der Waals surface area contributed by atoms with Crippen LogP contribution < -0.4 is 21.9 Å². The van der Waals surface area contributed by atoms with E-state index in [9.17, 15) is 9.59 Å². The largest absolute Gasteiger partial charge is 0.356 e. The van der Waals surface area contributed by atoms with Gasteiger partial charge in [-0.25, -0.2) is 10.8 Å². The lowest BCUT2D eigenvalue weighted by Crippen LogP contribution is -2.31. The summed E-state index contributed by atoms with van der Waals surface area (Å²) in [6.45, 7) is 2.90. The molecule has 0 aromatic carbocycles. The Morgan fingerprint density at radius 2 is 2.05 bits per heavy atom. The molecule has 19 heavy (non-hydrogen) atoms. The van der Waals surface area contributed by atoms with Crippen LogP contribution in [0.2, 0.25) is 0 Å². The number of nitrogens with two attached hydrogens (primary N) is 1. The van der Waals surface area contributed by atoms with Crippen molar-refractivity contribution >= 4 is 17.6 Å². The van der Waals surface area contributed by atoms with Gasteiger partial charge in [-0.1, -0.05) is 13.0 Å². The molecule has 2 amide bonds. The Labute approximate surface area is 111 Å². The summed E-state index contributed by atoms with van der Waals surface area (Å²) in [5, 5.41) is 5.36. The Hall–Kier alpha value is -2.15. The lowest BCUT2D eigenvalue weighted by atomic mass is 10.3. The van der Waals surface area contributed by atoms with Gasteiger partial charge in [0.25, 0.3) is 5.91 Å². The zero-order valence-corrected chi connectivity index (χ0v) is 10.9. The van der Waals surface area contributed by atoms with Crippen LogP contribution in [0.3, 0.4) is 0 Å². The van der Waals surface area contributed by atoms with Crippen molar-refractivity contribution < 1.29 is 9.59 Å². The molecule has 0 saturated heterocycles. The van der Waals surface area contributed by atoms with E-state index in [2.05, 4.69) is 21.0 Å². The smallest absolute Gasteiger partial charge is 0.269 e. The Morgan fingerprint density at radius 1 is 1.26 bits per heavy atom. The SMILES string of the molecule is CCCNC(=O)CCNC(=O)c1cccc(NN)n1. The molecule has 0 fully saturated rings. The number of rotatable bonds is 7. The van der Waals surface area contributed by atoms with Gasteiger partial charge in [-0.05, 0) is 18.6 Å². The maximum Gasteiger partial charge on any atom is 0.269 e. The topological polar surface area (TPSA) is 109 Å². The summed E-state index contributed by atoms with van der Waals surface area (Å²) in [4.78, 5) is 27.0. The van der Waals surface area contributed by atoms with E-state index in [0.717, 1.165) is 6.42 Å². The van der Waals surface area contributed by atoms with Crippen molar-refractivity contribution in [1.82, 2.24) is 15.6 Å². The van der Waals surface area contributed by atoms with Gasteiger partial charge >= 0.3 is 0 Å². The fraction of sp³-hybridized carbons (Fsp3) is 0.417. The van der Waals surface area contributed by atoms with E-state index in [1.807, 2.05) is 6.92 Å². The summed E-state index contributed by atoms with van der Waals surface area (Å²) < 4.78 is 0. The second-order valence-corrected chi connectivity index (χ2v) is 3.91. The molecule has 0 bridgehead atoms. The predicted octanol–water partition coefficient (Wildman–Crippen LogP) is 0.0133. The molecular weight excluding hydrogens is 246 g/mol. The number of carbonyl (C=O) groups is 2. The Bertz CT molecular complexity index is 436. The molecule has 1 rings (SSSR count). The number of nitrogen functional groups attached to an aromatic ring is 1. The van der Waals surface area contributed by atoms with Crippen LogP contribution in [0.1, 0.15) is 30.3 Å². The monoisotopic (exact) mass is 265 g/mol. The van der Waals surface area contributed by atoms with Crippen molar-refractivity contribution in [2.24, 2.45) is 5.84 Å². The van der Waals surface area contributed by atoms with Gasteiger partial charge in [0.2, 0.25) is 5.91 Å². The van der Waals surface area contributed by atoms with Gasteiger partial charge in [-0.2, -0.15) is 0 Å². The van der Waals surface area contributed by atoms with Crippen molar-refractivity contribution in [3.05, 3.63) is 23.9 Å². The molecule has 0 aliphatic rings. The highest BCUT2D eigenvalue weighted by molar-refractivity contribution is 5.92. The molecule has 104 valence electrons. The third-order valence-electron chi connectivity index (χ3n) is 2.34. The van der Waals surface area contributed by atoms with E-state index in [4.69, 9.17) is 5.84 Å². The average molecular weight is 265 g/mol. The number of nitrogens with zero attached hydrogens (tertiary/aromatic N) is 1. The van der Waals surface area contributed by atoms with Gasteiger partial charge in [0.15, 0.2) is 0 Å². The van der Waals surface area contributed by atoms with Gasteiger partial charge in [0.1, 0.15) is 11.5 Å². The van der Waals surface area contributed by atoms with Crippen LogP contribution in [0.4, 0.5) is 5.82 Å².